The molecule has 2 atom stereocenters. The maximum atomic E-state index is 13.0. The van der Waals surface area contributed by atoms with Crippen LogP contribution in [0.25, 0.3) is 11.2 Å². The van der Waals surface area contributed by atoms with Crippen LogP contribution < -0.4 is 22.1 Å². The van der Waals surface area contributed by atoms with Crippen LogP contribution in [-0.4, -0.2) is 61.0 Å². The van der Waals surface area contributed by atoms with Gasteiger partial charge in [-0.25, -0.2) is 9.97 Å². The highest BCUT2D eigenvalue weighted by atomic mass is 16.4. The summed E-state index contributed by atoms with van der Waals surface area (Å²) >= 11 is 0. The summed E-state index contributed by atoms with van der Waals surface area (Å²) in [4.78, 5) is 53.9. The number of carbonyl (C=O) groups is 3. The third-order valence-electron chi connectivity index (χ3n) is 4.90. The van der Waals surface area contributed by atoms with E-state index in [4.69, 9.17) is 22.3 Å². The van der Waals surface area contributed by atoms with Crippen molar-refractivity contribution in [3.63, 3.8) is 0 Å². The Morgan fingerprint density at radius 1 is 1.06 bits per heavy atom. The highest BCUT2D eigenvalue weighted by molar-refractivity contribution is 6.11. The summed E-state index contributed by atoms with van der Waals surface area (Å²) in [5, 5.41) is 18.5. The van der Waals surface area contributed by atoms with Crippen LogP contribution in [0, 0.1) is 5.92 Å². The lowest BCUT2D eigenvalue weighted by Gasteiger charge is -2.23. The van der Waals surface area contributed by atoms with Crippen LogP contribution in [0.4, 0.5) is 17.5 Å². The highest BCUT2D eigenvalue weighted by Gasteiger charge is 2.33. The number of carboxylic acids is 2. The Labute approximate surface area is 187 Å². The molecule has 0 spiro atoms. The van der Waals surface area contributed by atoms with E-state index in [1.807, 2.05) is 0 Å². The number of nitrogen functional groups attached to an aromatic ring is 2. The summed E-state index contributed by atoms with van der Waals surface area (Å²) in [6, 6.07) is 4.88. The quantitative estimate of drug-likeness (QED) is 0.211. The molecule has 13 nitrogen and oxygen atoms in total. The fourth-order valence-corrected chi connectivity index (χ4v) is 3.26. The summed E-state index contributed by atoms with van der Waals surface area (Å²) < 4.78 is 0. The average Bonchev–Trinajstić information content (AvgIpc) is 2.76. The number of para-hydroxylation sites is 1. The van der Waals surface area contributed by atoms with Gasteiger partial charge in [-0.2, -0.15) is 9.97 Å². The average molecular weight is 454 g/mol. The minimum absolute atomic E-state index is 0.0257. The van der Waals surface area contributed by atoms with E-state index in [0.29, 0.717) is 11.4 Å². The van der Waals surface area contributed by atoms with Gasteiger partial charge in [-0.15, -0.1) is 0 Å². The van der Waals surface area contributed by atoms with E-state index in [1.54, 1.807) is 30.1 Å². The van der Waals surface area contributed by atoms with Crippen LogP contribution >= 0.6 is 0 Å². The fraction of sp³-hybridized carbons (Fsp3) is 0.250. The molecule has 13 heteroatoms. The van der Waals surface area contributed by atoms with Crippen LogP contribution in [0.3, 0.4) is 0 Å². The van der Waals surface area contributed by atoms with E-state index in [9.17, 15) is 19.5 Å². The lowest BCUT2D eigenvalue weighted by atomic mass is 9.90. The molecule has 0 fully saturated rings. The normalized spacial score (nSPS) is 12.8. The minimum atomic E-state index is -1.62. The predicted molar refractivity (Wildman–Crippen MR) is 118 cm³/mol. The molecule has 172 valence electrons. The number of carboxylic acid groups (broad SMARTS) is 2. The zero-order valence-corrected chi connectivity index (χ0v) is 17.5. The van der Waals surface area contributed by atoms with Crippen LogP contribution in [0.15, 0.2) is 30.5 Å². The van der Waals surface area contributed by atoms with Crippen LogP contribution in [0.1, 0.15) is 22.5 Å². The molecule has 0 saturated heterocycles. The number of benzene rings is 1. The first-order valence-electron chi connectivity index (χ1n) is 9.68. The van der Waals surface area contributed by atoms with E-state index in [1.165, 1.54) is 12.3 Å². The van der Waals surface area contributed by atoms with Gasteiger partial charge in [0.15, 0.2) is 22.8 Å². The topological polar surface area (TPSA) is 225 Å². The third-order valence-corrected chi connectivity index (χ3v) is 4.90. The van der Waals surface area contributed by atoms with Crippen molar-refractivity contribution in [3.8, 4) is 0 Å². The molecule has 0 amide bonds. The molecule has 2 aromatic heterocycles. The van der Waals surface area contributed by atoms with Crippen molar-refractivity contribution in [1.29, 1.82) is 0 Å². The zero-order valence-electron chi connectivity index (χ0n) is 17.5. The first-order valence-corrected chi connectivity index (χ1v) is 9.68. The highest BCUT2D eigenvalue weighted by Crippen LogP contribution is 2.26. The predicted octanol–water partition coefficient (Wildman–Crippen LogP) is -0.0939. The second kappa shape index (κ2) is 9.40. The molecule has 0 radical (unpaired) electrons. The number of Topliss-reactive ketones (excluding diaryl/α,β-unsaturated/α-hetero) is 1. The Morgan fingerprint density at radius 2 is 1.76 bits per heavy atom. The molecule has 1 aromatic carbocycles. The molecule has 0 aliphatic rings. The van der Waals surface area contributed by atoms with Gasteiger partial charge in [0, 0.05) is 18.3 Å². The molecule has 0 saturated carbocycles. The number of hydrogen-bond acceptors (Lipinski definition) is 11. The van der Waals surface area contributed by atoms with Crippen molar-refractivity contribution < 1.29 is 24.6 Å². The molecule has 2 heterocycles. The second-order valence-electron chi connectivity index (χ2n) is 7.31. The van der Waals surface area contributed by atoms with Gasteiger partial charge in [-0.1, -0.05) is 12.1 Å². The molecule has 1 unspecified atom stereocenters. The molecule has 8 N–H and O–H groups in total. The van der Waals surface area contributed by atoms with Gasteiger partial charge < -0.3 is 32.3 Å². The maximum Gasteiger partial charge on any atom is 0.320 e. The van der Waals surface area contributed by atoms with E-state index in [-0.39, 0.29) is 35.0 Å². The third kappa shape index (κ3) is 5.10. The largest absolute Gasteiger partial charge is 0.481 e. The zero-order chi connectivity index (χ0) is 24.3. The van der Waals surface area contributed by atoms with E-state index < -0.39 is 36.1 Å². The number of aliphatic carboxylic acids is 2. The number of aromatic nitrogens is 4. The number of nitrogens with two attached hydrogens (primary N) is 3. The van der Waals surface area contributed by atoms with Crippen molar-refractivity contribution >= 4 is 46.3 Å². The monoisotopic (exact) mass is 454 g/mol. The van der Waals surface area contributed by atoms with Crippen LogP contribution in [-0.2, 0) is 16.1 Å². The lowest BCUT2D eigenvalue weighted by Crippen LogP contribution is -2.37. The minimum Gasteiger partial charge on any atom is -0.481 e. The Kier molecular flexibility index (Phi) is 6.63. The van der Waals surface area contributed by atoms with Crippen molar-refractivity contribution in [2.75, 3.05) is 23.4 Å². The van der Waals surface area contributed by atoms with Crippen molar-refractivity contribution in [2.45, 2.75) is 19.0 Å². The van der Waals surface area contributed by atoms with Gasteiger partial charge in [0.05, 0.1) is 18.4 Å². The molecule has 3 aromatic rings. The number of fused-ring (bicyclic) bond motifs is 1. The van der Waals surface area contributed by atoms with Crippen LogP contribution in [0.2, 0.25) is 0 Å². The summed E-state index contributed by atoms with van der Waals surface area (Å²) in [5.41, 5.74) is 18.4. The number of carbonyl (C=O) groups excluding carboxylic acids is 1. The van der Waals surface area contributed by atoms with Gasteiger partial charge >= 0.3 is 11.9 Å². The SMILES string of the molecule is CN(Cc1cnc2nc(N)nc(N)c2n1)c1ccccc1C(=O)C(C[C@H](N)C(=O)O)C(=O)O. The van der Waals surface area contributed by atoms with Crippen molar-refractivity contribution in [3.05, 3.63) is 41.7 Å². The van der Waals surface area contributed by atoms with Gasteiger partial charge in [0.2, 0.25) is 5.95 Å². The Balaban J connectivity index is 1.90. The summed E-state index contributed by atoms with van der Waals surface area (Å²) in [6.45, 7) is 0.184. The molecular weight excluding hydrogens is 432 g/mol. The lowest BCUT2D eigenvalue weighted by molar-refractivity contribution is -0.142. The number of anilines is 3. The Hall–Kier alpha value is -4.39. The molecular formula is C20H22N8O5. The van der Waals surface area contributed by atoms with E-state index in [0.717, 1.165) is 0 Å². The summed E-state index contributed by atoms with van der Waals surface area (Å²) in [6.07, 6.45) is 0.932. The van der Waals surface area contributed by atoms with Crippen LogP contribution in [0.5, 0.6) is 0 Å². The molecule has 0 aliphatic heterocycles. The number of ketones is 1. The fourth-order valence-electron chi connectivity index (χ4n) is 3.26. The first kappa shape index (κ1) is 23.3. The van der Waals surface area contributed by atoms with Gasteiger partial charge in [0.1, 0.15) is 12.0 Å². The van der Waals surface area contributed by atoms with Crippen molar-refractivity contribution in [2.24, 2.45) is 11.7 Å². The molecule has 0 aliphatic carbocycles. The maximum absolute atomic E-state index is 13.0. The number of hydrogen-bond donors (Lipinski definition) is 5. The number of rotatable bonds is 9. The Morgan fingerprint density at radius 3 is 2.42 bits per heavy atom. The van der Waals surface area contributed by atoms with Gasteiger partial charge in [0.25, 0.3) is 0 Å². The standard InChI is InChI=1S/C20H22N8O5/c1-28(8-9-7-24-17-14(25-9)16(22)26-20(23)27-17)13-5-3-2-4-10(13)15(29)11(18(30)31)6-12(21)19(32)33/h2-5,7,11-12H,6,8,21H2,1H3,(H,30,31)(H,32,33)(H4,22,23,24,26,27)/t11?,12-/m0/s1. The number of nitrogens with zero attached hydrogens (tertiary/aromatic N) is 5. The van der Waals surface area contributed by atoms with E-state index >= 15 is 0 Å². The Bertz CT molecular complexity index is 1230. The van der Waals surface area contributed by atoms with Gasteiger partial charge in [-0.05, 0) is 18.6 Å². The summed E-state index contributed by atoms with van der Waals surface area (Å²) in [7, 11) is 1.68. The molecule has 3 rings (SSSR count). The van der Waals surface area contributed by atoms with E-state index in [2.05, 4.69) is 19.9 Å². The first-order chi connectivity index (χ1) is 15.6. The van der Waals surface area contributed by atoms with Gasteiger partial charge in [-0.3, -0.25) is 14.4 Å². The molecule has 0 bridgehead atoms. The second-order valence-corrected chi connectivity index (χ2v) is 7.31. The smallest absolute Gasteiger partial charge is 0.320 e. The molecule has 33 heavy (non-hydrogen) atoms. The summed E-state index contributed by atoms with van der Waals surface area (Å²) in [5.74, 6) is -5.16. The van der Waals surface area contributed by atoms with Crippen molar-refractivity contribution in [1.82, 2.24) is 19.9 Å².